The number of hydrogen-bond acceptors (Lipinski definition) is 6. The van der Waals surface area contributed by atoms with E-state index in [0.717, 1.165) is 10.0 Å². The molecule has 134 valence electrons. The molecular weight excluding hydrogens is 402 g/mol. The van der Waals surface area contributed by atoms with Gasteiger partial charge in [0, 0.05) is 21.3 Å². The number of nitrogens with one attached hydrogen (secondary N) is 1. The molecule has 1 N–H and O–H groups in total. The zero-order valence-corrected chi connectivity index (χ0v) is 16.0. The average Bonchev–Trinajstić information content (AvgIpc) is 3.18. The molecular formula is C18H16BrN3O4. The van der Waals surface area contributed by atoms with E-state index in [1.165, 1.54) is 6.92 Å². The average molecular weight is 418 g/mol. The predicted molar refractivity (Wildman–Crippen MR) is 96.8 cm³/mol. The predicted octanol–water partition coefficient (Wildman–Crippen LogP) is 4.00. The monoisotopic (exact) mass is 417 g/mol. The lowest BCUT2D eigenvalue weighted by Crippen LogP contribution is -2.08. The zero-order valence-electron chi connectivity index (χ0n) is 14.4. The number of halogens is 1. The van der Waals surface area contributed by atoms with Crippen molar-refractivity contribution in [1.82, 2.24) is 15.2 Å². The number of carbonyl (C=O) groups excluding carboxylic acids is 2. The zero-order chi connectivity index (χ0) is 18.8. The van der Waals surface area contributed by atoms with Gasteiger partial charge in [-0.25, -0.2) is 4.79 Å². The molecule has 0 saturated heterocycles. The molecule has 0 unspecified atom stereocenters. The molecule has 0 aliphatic heterocycles. The lowest BCUT2D eigenvalue weighted by molar-refractivity contribution is 0.0431. The molecule has 0 saturated carbocycles. The summed E-state index contributed by atoms with van der Waals surface area (Å²) in [6.07, 6.45) is 0. The van der Waals surface area contributed by atoms with Crippen molar-refractivity contribution in [1.29, 1.82) is 0 Å². The van der Waals surface area contributed by atoms with Crippen LogP contribution in [0.3, 0.4) is 0 Å². The number of ether oxygens (including phenoxy) is 1. The summed E-state index contributed by atoms with van der Waals surface area (Å²) in [5, 5.41) is 7.83. The number of ketones is 1. The van der Waals surface area contributed by atoms with Crippen LogP contribution in [0.5, 0.6) is 0 Å². The summed E-state index contributed by atoms with van der Waals surface area (Å²) < 4.78 is 11.7. The number of esters is 1. The summed E-state index contributed by atoms with van der Waals surface area (Å²) in [5.74, 6) is -0.161. The number of benzene rings is 1. The van der Waals surface area contributed by atoms with Crippen molar-refractivity contribution < 1.29 is 18.7 Å². The number of rotatable bonds is 5. The third kappa shape index (κ3) is 3.60. The van der Waals surface area contributed by atoms with Gasteiger partial charge in [-0.2, -0.15) is 0 Å². The Morgan fingerprint density at radius 3 is 2.50 bits per heavy atom. The molecule has 7 nitrogen and oxygen atoms in total. The largest absolute Gasteiger partial charge is 0.451 e. The first-order chi connectivity index (χ1) is 12.4. The van der Waals surface area contributed by atoms with Crippen LogP contribution in [0.2, 0.25) is 0 Å². The van der Waals surface area contributed by atoms with Crippen LogP contribution < -0.4 is 0 Å². The van der Waals surface area contributed by atoms with Gasteiger partial charge in [-0.05, 0) is 50.6 Å². The van der Waals surface area contributed by atoms with Crippen molar-refractivity contribution in [3.8, 4) is 11.5 Å². The van der Waals surface area contributed by atoms with Crippen LogP contribution in [0.1, 0.15) is 44.9 Å². The van der Waals surface area contributed by atoms with E-state index in [1.807, 2.05) is 24.3 Å². The van der Waals surface area contributed by atoms with Crippen LogP contribution in [-0.2, 0) is 11.3 Å². The van der Waals surface area contributed by atoms with Crippen LogP contribution >= 0.6 is 15.9 Å². The fourth-order valence-electron chi connectivity index (χ4n) is 2.70. The standard InChI is InChI=1S/C18H16BrN3O4/c1-9-15(11(3)23)10(2)20-16(9)18(24)25-8-14-21-22-17(26-14)12-4-6-13(19)7-5-12/h4-7,20H,8H2,1-3H3. The number of Topliss-reactive ketones (excluding diaryl/α,β-unsaturated/α-hetero) is 1. The number of aromatic amines is 1. The van der Waals surface area contributed by atoms with Crippen LogP contribution in [-0.4, -0.2) is 26.9 Å². The van der Waals surface area contributed by atoms with Crippen molar-refractivity contribution in [3.63, 3.8) is 0 Å². The Kier molecular flexibility index (Phi) is 5.03. The Balaban J connectivity index is 1.70. The molecule has 0 aliphatic rings. The molecule has 0 amide bonds. The third-order valence-electron chi connectivity index (χ3n) is 3.88. The van der Waals surface area contributed by atoms with Crippen molar-refractivity contribution in [2.24, 2.45) is 0 Å². The number of H-pyrrole nitrogens is 1. The van der Waals surface area contributed by atoms with Crippen LogP contribution in [0.15, 0.2) is 33.2 Å². The minimum absolute atomic E-state index is 0.105. The van der Waals surface area contributed by atoms with Gasteiger partial charge in [0.25, 0.3) is 5.89 Å². The van der Waals surface area contributed by atoms with E-state index in [-0.39, 0.29) is 24.0 Å². The number of aromatic nitrogens is 3. The Labute approximate surface area is 157 Å². The SMILES string of the molecule is CC(=O)c1c(C)[nH]c(C(=O)OCc2nnc(-c3ccc(Br)cc3)o2)c1C. The van der Waals surface area contributed by atoms with Crippen LogP contribution in [0.25, 0.3) is 11.5 Å². The van der Waals surface area contributed by atoms with Gasteiger partial charge in [-0.3, -0.25) is 4.79 Å². The molecule has 26 heavy (non-hydrogen) atoms. The quantitative estimate of drug-likeness (QED) is 0.497. The van der Waals surface area contributed by atoms with E-state index in [0.29, 0.717) is 22.7 Å². The maximum absolute atomic E-state index is 12.3. The summed E-state index contributed by atoms with van der Waals surface area (Å²) >= 11 is 3.36. The summed E-state index contributed by atoms with van der Waals surface area (Å²) in [5.41, 5.74) is 2.73. The second-order valence-corrected chi connectivity index (χ2v) is 6.68. The van der Waals surface area contributed by atoms with E-state index >= 15 is 0 Å². The number of carbonyl (C=O) groups is 2. The normalized spacial score (nSPS) is 10.8. The first-order valence-corrected chi connectivity index (χ1v) is 8.61. The van der Waals surface area contributed by atoms with Crippen LogP contribution in [0.4, 0.5) is 0 Å². The van der Waals surface area contributed by atoms with Gasteiger partial charge >= 0.3 is 5.97 Å². The first kappa shape index (κ1) is 18.1. The van der Waals surface area contributed by atoms with Crippen molar-refractivity contribution in [2.45, 2.75) is 27.4 Å². The molecule has 3 rings (SSSR count). The summed E-state index contributed by atoms with van der Waals surface area (Å²) in [4.78, 5) is 26.8. The topological polar surface area (TPSA) is 98.1 Å². The highest BCUT2D eigenvalue weighted by atomic mass is 79.9. The van der Waals surface area contributed by atoms with Gasteiger partial charge in [0.15, 0.2) is 12.4 Å². The van der Waals surface area contributed by atoms with Gasteiger partial charge in [-0.15, -0.1) is 10.2 Å². The van der Waals surface area contributed by atoms with Gasteiger partial charge in [-0.1, -0.05) is 15.9 Å². The molecule has 1 aromatic carbocycles. The number of nitrogens with zero attached hydrogens (tertiary/aromatic N) is 2. The summed E-state index contributed by atoms with van der Waals surface area (Å²) in [7, 11) is 0. The molecule has 0 radical (unpaired) electrons. The van der Waals surface area contributed by atoms with Gasteiger partial charge < -0.3 is 14.1 Å². The fourth-order valence-corrected chi connectivity index (χ4v) is 2.97. The molecule has 2 heterocycles. The lowest BCUT2D eigenvalue weighted by atomic mass is 10.1. The van der Waals surface area contributed by atoms with E-state index in [2.05, 4.69) is 31.1 Å². The Morgan fingerprint density at radius 1 is 1.19 bits per heavy atom. The minimum Gasteiger partial charge on any atom is -0.451 e. The smallest absolute Gasteiger partial charge is 0.355 e. The minimum atomic E-state index is -0.582. The third-order valence-corrected chi connectivity index (χ3v) is 4.41. The van der Waals surface area contributed by atoms with E-state index in [1.54, 1.807) is 13.8 Å². The van der Waals surface area contributed by atoms with Crippen molar-refractivity contribution in [3.05, 3.63) is 57.1 Å². The second kappa shape index (κ2) is 7.25. The van der Waals surface area contributed by atoms with Gasteiger partial charge in [0.05, 0.1) is 0 Å². The van der Waals surface area contributed by atoms with Gasteiger partial charge in [0.2, 0.25) is 5.89 Å². The maximum atomic E-state index is 12.3. The highest BCUT2D eigenvalue weighted by Crippen LogP contribution is 2.22. The summed E-state index contributed by atoms with van der Waals surface area (Å²) in [6.45, 7) is 4.74. The fraction of sp³-hybridized carbons (Fsp3) is 0.222. The van der Waals surface area contributed by atoms with Crippen LogP contribution in [0, 0.1) is 13.8 Å². The molecule has 0 spiro atoms. The Bertz CT molecular complexity index is 973. The molecule has 8 heteroatoms. The van der Waals surface area contributed by atoms with Crippen molar-refractivity contribution >= 4 is 27.7 Å². The van der Waals surface area contributed by atoms with E-state index in [9.17, 15) is 9.59 Å². The summed E-state index contributed by atoms with van der Waals surface area (Å²) in [6, 6.07) is 7.40. The molecule has 0 bridgehead atoms. The molecule has 0 atom stereocenters. The molecule has 0 fully saturated rings. The second-order valence-electron chi connectivity index (χ2n) is 5.77. The maximum Gasteiger partial charge on any atom is 0.355 e. The number of hydrogen-bond donors (Lipinski definition) is 1. The molecule has 0 aliphatic carbocycles. The number of aryl methyl sites for hydroxylation is 1. The first-order valence-electron chi connectivity index (χ1n) is 7.82. The highest BCUT2D eigenvalue weighted by molar-refractivity contribution is 9.10. The Morgan fingerprint density at radius 2 is 1.88 bits per heavy atom. The molecule has 2 aromatic heterocycles. The van der Waals surface area contributed by atoms with E-state index in [4.69, 9.17) is 9.15 Å². The van der Waals surface area contributed by atoms with Gasteiger partial charge in [0.1, 0.15) is 5.69 Å². The Hall–Kier alpha value is -2.74. The van der Waals surface area contributed by atoms with E-state index < -0.39 is 5.97 Å². The highest BCUT2D eigenvalue weighted by Gasteiger charge is 2.21. The molecule has 3 aromatic rings. The lowest BCUT2D eigenvalue weighted by Gasteiger charge is -2.01. The van der Waals surface area contributed by atoms with Crippen molar-refractivity contribution in [2.75, 3.05) is 0 Å².